The molecule has 3 aromatic carbocycles. The monoisotopic (exact) mass is 454 g/mol. The predicted octanol–water partition coefficient (Wildman–Crippen LogP) is 9.71. The molecule has 0 aliphatic heterocycles. The lowest BCUT2D eigenvalue weighted by Crippen LogP contribution is -2.30. The second kappa shape index (κ2) is 9.37. The lowest BCUT2D eigenvalue weighted by Gasteiger charge is -2.37. The van der Waals surface area contributed by atoms with E-state index in [4.69, 9.17) is 0 Å². The molecule has 0 aromatic heterocycles. The van der Waals surface area contributed by atoms with E-state index < -0.39 is 0 Å². The van der Waals surface area contributed by atoms with E-state index in [9.17, 15) is 0 Å². The second-order valence-corrected chi connectivity index (χ2v) is 13.1. The van der Waals surface area contributed by atoms with E-state index in [1.807, 2.05) is 0 Å². The summed E-state index contributed by atoms with van der Waals surface area (Å²) in [5.74, 6) is 0. The highest BCUT2D eigenvalue weighted by Crippen LogP contribution is 2.44. The van der Waals surface area contributed by atoms with E-state index >= 15 is 0 Å². The molecule has 0 fully saturated rings. The smallest absolute Gasteiger partial charge is 0.0451 e. The molecule has 0 saturated carbocycles. The van der Waals surface area contributed by atoms with Crippen LogP contribution in [0.2, 0.25) is 0 Å². The van der Waals surface area contributed by atoms with Gasteiger partial charge in [0.2, 0.25) is 0 Å². The van der Waals surface area contributed by atoms with E-state index in [0.29, 0.717) is 0 Å². The molecular weight excluding hydrogens is 408 g/mol. The highest BCUT2D eigenvalue weighted by atomic mass is 14.4. The number of benzene rings is 3. The van der Waals surface area contributed by atoms with Gasteiger partial charge in [-0.2, -0.15) is 0 Å². The van der Waals surface area contributed by atoms with E-state index in [1.165, 1.54) is 33.4 Å². The van der Waals surface area contributed by atoms with Crippen molar-refractivity contribution in [1.82, 2.24) is 0 Å². The summed E-state index contributed by atoms with van der Waals surface area (Å²) in [6, 6.07) is 28.3. The van der Waals surface area contributed by atoms with Crippen LogP contribution >= 0.6 is 0 Å². The first kappa shape index (κ1) is 26.3. The van der Waals surface area contributed by atoms with Gasteiger partial charge in [0.05, 0.1) is 0 Å². The van der Waals surface area contributed by atoms with Crippen LogP contribution in [0.3, 0.4) is 0 Å². The molecule has 0 saturated heterocycles. The molecule has 3 aromatic rings. The fourth-order valence-electron chi connectivity index (χ4n) is 5.07. The first-order chi connectivity index (χ1) is 15.7. The second-order valence-electron chi connectivity index (χ2n) is 13.1. The number of hydrogen-bond acceptors (Lipinski definition) is 0. The largest absolute Gasteiger partial charge is 0.0653 e. The van der Waals surface area contributed by atoms with Crippen molar-refractivity contribution < 1.29 is 0 Å². The fraction of sp³-hybridized carbons (Fsp3) is 0.471. The van der Waals surface area contributed by atoms with Crippen LogP contribution in [0.25, 0.3) is 0 Å². The minimum absolute atomic E-state index is 0.147. The normalized spacial score (nSPS) is 13.2. The third-order valence-electron chi connectivity index (χ3n) is 7.36. The van der Waals surface area contributed by atoms with Gasteiger partial charge in [-0.3, -0.25) is 0 Å². The van der Waals surface area contributed by atoms with Crippen LogP contribution < -0.4 is 0 Å². The summed E-state index contributed by atoms with van der Waals surface area (Å²) in [6.07, 6.45) is 2.19. The maximum absolute atomic E-state index is 2.38. The van der Waals surface area contributed by atoms with Gasteiger partial charge in [-0.25, -0.2) is 0 Å². The molecule has 0 aliphatic rings. The third-order valence-corrected chi connectivity index (χ3v) is 7.36. The van der Waals surface area contributed by atoms with Gasteiger partial charge >= 0.3 is 0 Å². The lowest BCUT2D eigenvalue weighted by atomic mass is 9.65. The summed E-state index contributed by atoms with van der Waals surface area (Å²) < 4.78 is 0. The average molecular weight is 455 g/mol. The van der Waals surface area contributed by atoms with Gasteiger partial charge in [0.15, 0.2) is 0 Å². The van der Waals surface area contributed by atoms with Crippen molar-refractivity contribution in [2.45, 2.75) is 104 Å². The highest BCUT2D eigenvalue weighted by molar-refractivity contribution is 5.52. The van der Waals surface area contributed by atoms with Crippen molar-refractivity contribution in [3.63, 3.8) is 0 Å². The van der Waals surface area contributed by atoms with Crippen LogP contribution in [0.15, 0.2) is 72.8 Å². The molecule has 0 heteroatoms. The Morgan fingerprint density at radius 1 is 0.382 bits per heavy atom. The molecule has 0 heterocycles. The van der Waals surface area contributed by atoms with Crippen molar-refractivity contribution in [1.29, 1.82) is 0 Å². The maximum Gasteiger partial charge on any atom is 0.0451 e. The summed E-state index contributed by atoms with van der Waals surface area (Å²) in [5.41, 5.74) is 8.57. The molecule has 0 aliphatic carbocycles. The Balaban J connectivity index is 2.26. The summed E-state index contributed by atoms with van der Waals surface area (Å²) >= 11 is 0. The van der Waals surface area contributed by atoms with Crippen molar-refractivity contribution >= 4 is 0 Å². The zero-order valence-corrected chi connectivity index (χ0v) is 23.3. The molecule has 3 rings (SSSR count). The summed E-state index contributed by atoms with van der Waals surface area (Å²) in [7, 11) is 0. The van der Waals surface area contributed by atoms with Crippen LogP contribution in [0.5, 0.6) is 0 Å². The molecule has 182 valence electrons. The predicted molar refractivity (Wildman–Crippen MR) is 150 cm³/mol. The number of hydrogen-bond donors (Lipinski definition) is 0. The average Bonchev–Trinajstić information content (AvgIpc) is 2.76. The van der Waals surface area contributed by atoms with Crippen LogP contribution in [-0.2, 0) is 21.7 Å². The van der Waals surface area contributed by atoms with Gasteiger partial charge in [-0.05, 0) is 56.0 Å². The zero-order chi connectivity index (χ0) is 25.4. The molecule has 0 spiro atoms. The minimum atomic E-state index is -0.169. The standard InChI is InChI=1S/C34H46/c1-11-24-34(28-18-12-25(13-19-28)31(2,3)4,29-20-14-26(15-21-29)32(5,6)7)30-22-16-27(17-23-30)33(8,9)10/h12-23H,11,24H2,1-10H3. The Morgan fingerprint density at radius 2 is 0.588 bits per heavy atom. The molecule has 0 amide bonds. The molecule has 0 N–H and O–H groups in total. The van der Waals surface area contributed by atoms with Gasteiger partial charge in [0.1, 0.15) is 0 Å². The maximum atomic E-state index is 2.38. The molecule has 0 radical (unpaired) electrons. The summed E-state index contributed by atoms with van der Waals surface area (Å²) in [6.45, 7) is 22.9. The van der Waals surface area contributed by atoms with Crippen LogP contribution in [0, 0.1) is 0 Å². The highest BCUT2D eigenvalue weighted by Gasteiger charge is 2.36. The zero-order valence-electron chi connectivity index (χ0n) is 23.3. The molecule has 0 unspecified atom stereocenters. The fourth-order valence-corrected chi connectivity index (χ4v) is 5.07. The first-order valence-electron chi connectivity index (χ1n) is 13.0. The topological polar surface area (TPSA) is 0 Å². The molecule has 0 bridgehead atoms. The van der Waals surface area contributed by atoms with Crippen LogP contribution in [0.1, 0.15) is 115 Å². The molecular formula is C34H46. The Morgan fingerprint density at radius 3 is 0.765 bits per heavy atom. The van der Waals surface area contributed by atoms with Gasteiger partial charge in [-0.1, -0.05) is 148 Å². The van der Waals surface area contributed by atoms with Crippen LogP contribution in [0.4, 0.5) is 0 Å². The van der Waals surface area contributed by atoms with Crippen molar-refractivity contribution in [3.8, 4) is 0 Å². The third kappa shape index (κ3) is 5.32. The van der Waals surface area contributed by atoms with E-state index in [2.05, 4.69) is 142 Å². The van der Waals surface area contributed by atoms with Crippen molar-refractivity contribution in [2.75, 3.05) is 0 Å². The molecule has 0 nitrogen and oxygen atoms in total. The van der Waals surface area contributed by atoms with Crippen LogP contribution in [-0.4, -0.2) is 0 Å². The Kier molecular flexibility index (Phi) is 7.24. The molecule has 34 heavy (non-hydrogen) atoms. The van der Waals surface area contributed by atoms with Gasteiger partial charge in [-0.15, -0.1) is 0 Å². The van der Waals surface area contributed by atoms with Gasteiger partial charge in [0, 0.05) is 5.41 Å². The Hall–Kier alpha value is -2.34. The summed E-state index contributed by atoms with van der Waals surface area (Å²) in [5, 5.41) is 0. The van der Waals surface area contributed by atoms with Crippen molar-refractivity contribution in [2.24, 2.45) is 0 Å². The quantitative estimate of drug-likeness (QED) is 0.336. The van der Waals surface area contributed by atoms with E-state index in [0.717, 1.165) is 12.8 Å². The van der Waals surface area contributed by atoms with Gasteiger partial charge < -0.3 is 0 Å². The number of rotatable bonds is 5. The summed E-state index contributed by atoms with van der Waals surface area (Å²) in [4.78, 5) is 0. The van der Waals surface area contributed by atoms with E-state index in [-0.39, 0.29) is 21.7 Å². The molecule has 0 atom stereocenters. The first-order valence-corrected chi connectivity index (χ1v) is 13.0. The van der Waals surface area contributed by atoms with Crippen molar-refractivity contribution in [3.05, 3.63) is 106 Å². The SMILES string of the molecule is CCCC(c1ccc(C(C)(C)C)cc1)(c1ccc(C(C)(C)C)cc1)c1ccc(C(C)(C)C)cc1. The Labute approximate surface area is 209 Å². The Bertz CT molecular complexity index is 918. The van der Waals surface area contributed by atoms with E-state index in [1.54, 1.807) is 0 Å². The minimum Gasteiger partial charge on any atom is -0.0653 e. The van der Waals surface area contributed by atoms with Gasteiger partial charge in [0.25, 0.3) is 0 Å². The lowest BCUT2D eigenvalue weighted by molar-refractivity contribution is 0.543.